The van der Waals surface area contributed by atoms with Crippen molar-refractivity contribution in [2.24, 2.45) is 11.5 Å². The first-order valence-electron chi connectivity index (χ1n) is 12.4. The van der Waals surface area contributed by atoms with Gasteiger partial charge in [0.25, 0.3) is 0 Å². The van der Waals surface area contributed by atoms with Crippen LogP contribution in [0.2, 0.25) is 0 Å². The van der Waals surface area contributed by atoms with Gasteiger partial charge in [0.2, 0.25) is 23.6 Å². The molecule has 11 nitrogen and oxygen atoms in total. The van der Waals surface area contributed by atoms with Crippen LogP contribution in [-0.4, -0.2) is 70.3 Å². The number of primary amides is 1. The topological polar surface area (TPSA) is 185 Å². The van der Waals surface area contributed by atoms with E-state index in [1.165, 1.54) is 4.90 Å². The average Bonchev–Trinajstić information content (AvgIpc) is 3.39. The largest absolute Gasteiger partial charge is 0.480 e. The number of aliphatic carboxylic acids is 1. The van der Waals surface area contributed by atoms with Gasteiger partial charge in [-0.25, -0.2) is 4.79 Å². The molecule has 0 spiro atoms. The van der Waals surface area contributed by atoms with E-state index < -0.39 is 60.2 Å². The van der Waals surface area contributed by atoms with Crippen LogP contribution in [0.4, 0.5) is 0 Å². The molecule has 1 saturated heterocycles. The minimum atomic E-state index is -1.25. The fraction of sp³-hybridized carbons (Fsp3) is 0.370. The van der Waals surface area contributed by atoms with Crippen molar-refractivity contribution in [3.05, 3.63) is 71.8 Å². The Morgan fingerprint density at radius 2 is 1.39 bits per heavy atom. The summed E-state index contributed by atoms with van der Waals surface area (Å²) in [6.07, 6.45) is 0.694. The number of hydrogen-bond donors (Lipinski definition) is 5. The van der Waals surface area contributed by atoms with Crippen LogP contribution in [0.1, 0.15) is 30.4 Å². The van der Waals surface area contributed by atoms with Gasteiger partial charge in [-0.3, -0.25) is 19.2 Å². The molecule has 4 amide bonds. The van der Waals surface area contributed by atoms with E-state index in [0.717, 1.165) is 11.1 Å². The van der Waals surface area contributed by atoms with Crippen molar-refractivity contribution in [1.82, 2.24) is 15.5 Å². The van der Waals surface area contributed by atoms with E-state index in [0.29, 0.717) is 12.8 Å². The predicted octanol–water partition coefficient (Wildman–Crippen LogP) is -0.280. The highest BCUT2D eigenvalue weighted by Crippen LogP contribution is 2.20. The Morgan fingerprint density at radius 1 is 0.868 bits per heavy atom. The molecule has 202 valence electrons. The van der Waals surface area contributed by atoms with Crippen LogP contribution < -0.4 is 22.1 Å². The third-order valence-corrected chi connectivity index (χ3v) is 6.39. The number of carboxylic acid groups (broad SMARTS) is 1. The number of carboxylic acids is 1. The highest BCUT2D eigenvalue weighted by Gasteiger charge is 2.38. The lowest BCUT2D eigenvalue weighted by Gasteiger charge is -2.29. The minimum Gasteiger partial charge on any atom is -0.480 e. The maximum atomic E-state index is 13.5. The number of likely N-dealkylation sites (tertiary alicyclic amines) is 1. The zero-order chi connectivity index (χ0) is 27.7. The van der Waals surface area contributed by atoms with Gasteiger partial charge >= 0.3 is 5.97 Å². The van der Waals surface area contributed by atoms with Crippen molar-refractivity contribution >= 4 is 29.6 Å². The number of nitrogens with zero attached hydrogens (tertiary/aromatic N) is 1. The highest BCUT2D eigenvalue weighted by atomic mass is 16.4. The molecule has 4 unspecified atom stereocenters. The molecule has 0 bridgehead atoms. The summed E-state index contributed by atoms with van der Waals surface area (Å²) in [6, 6.07) is 13.6. The van der Waals surface area contributed by atoms with Gasteiger partial charge in [-0.2, -0.15) is 0 Å². The van der Waals surface area contributed by atoms with E-state index >= 15 is 0 Å². The van der Waals surface area contributed by atoms with Gasteiger partial charge in [0.05, 0.1) is 12.5 Å². The van der Waals surface area contributed by atoms with Gasteiger partial charge in [-0.1, -0.05) is 60.7 Å². The zero-order valence-corrected chi connectivity index (χ0v) is 20.9. The summed E-state index contributed by atoms with van der Waals surface area (Å²) < 4.78 is 0. The minimum absolute atomic E-state index is 0.0927. The van der Waals surface area contributed by atoms with Crippen molar-refractivity contribution < 1.29 is 29.1 Å². The number of benzene rings is 2. The molecular weight excluding hydrogens is 490 g/mol. The lowest BCUT2D eigenvalue weighted by atomic mass is 10.0. The van der Waals surface area contributed by atoms with E-state index in [-0.39, 0.29) is 19.4 Å². The average molecular weight is 524 g/mol. The number of rotatable bonds is 12. The van der Waals surface area contributed by atoms with Crippen molar-refractivity contribution in [2.75, 3.05) is 6.54 Å². The third-order valence-electron chi connectivity index (χ3n) is 6.39. The summed E-state index contributed by atoms with van der Waals surface area (Å²) in [6.45, 7) is 0.267. The molecule has 1 aliphatic heterocycles. The molecule has 3 rings (SSSR count). The Balaban J connectivity index is 1.85. The van der Waals surface area contributed by atoms with Crippen molar-refractivity contribution in [3.63, 3.8) is 0 Å². The normalized spacial score (nSPS) is 17.2. The molecule has 0 aliphatic carbocycles. The molecule has 0 radical (unpaired) electrons. The first-order valence-corrected chi connectivity index (χ1v) is 12.4. The van der Waals surface area contributed by atoms with Crippen LogP contribution in [0.25, 0.3) is 0 Å². The van der Waals surface area contributed by atoms with E-state index in [1.807, 2.05) is 12.1 Å². The van der Waals surface area contributed by atoms with Crippen LogP contribution in [0.5, 0.6) is 0 Å². The van der Waals surface area contributed by atoms with Crippen molar-refractivity contribution in [3.8, 4) is 0 Å². The monoisotopic (exact) mass is 523 g/mol. The summed E-state index contributed by atoms with van der Waals surface area (Å²) >= 11 is 0. The highest BCUT2D eigenvalue weighted by molar-refractivity contribution is 5.95. The zero-order valence-electron chi connectivity index (χ0n) is 20.9. The second kappa shape index (κ2) is 13.3. The Labute approximate surface area is 220 Å². The van der Waals surface area contributed by atoms with Gasteiger partial charge in [0.15, 0.2) is 0 Å². The summed E-state index contributed by atoms with van der Waals surface area (Å²) in [5.74, 6) is -3.76. The molecule has 2 aromatic carbocycles. The maximum absolute atomic E-state index is 13.5. The Morgan fingerprint density at radius 3 is 1.92 bits per heavy atom. The number of carbonyl (C=O) groups excluding carboxylic acids is 4. The lowest BCUT2D eigenvalue weighted by Crippen LogP contribution is -2.58. The Hall–Kier alpha value is -4.25. The molecule has 7 N–H and O–H groups in total. The van der Waals surface area contributed by atoms with Crippen LogP contribution in [0.3, 0.4) is 0 Å². The quantitative estimate of drug-likeness (QED) is 0.253. The molecule has 1 aliphatic rings. The molecular formula is C27H33N5O6. The predicted molar refractivity (Wildman–Crippen MR) is 138 cm³/mol. The first-order chi connectivity index (χ1) is 18.2. The number of nitrogens with one attached hydrogen (secondary N) is 2. The lowest BCUT2D eigenvalue weighted by molar-refractivity contribution is -0.149. The van der Waals surface area contributed by atoms with E-state index in [4.69, 9.17) is 11.5 Å². The van der Waals surface area contributed by atoms with E-state index in [9.17, 15) is 29.1 Å². The summed E-state index contributed by atoms with van der Waals surface area (Å²) in [7, 11) is 0. The van der Waals surface area contributed by atoms with Gasteiger partial charge in [0.1, 0.15) is 18.1 Å². The molecule has 38 heavy (non-hydrogen) atoms. The molecule has 2 aromatic rings. The second-order valence-corrected chi connectivity index (χ2v) is 9.31. The van der Waals surface area contributed by atoms with Crippen LogP contribution >= 0.6 is 0 Å². The molecule has 4 atom stereocenters. The Bertz CT molecular complexity index is 1140. The van der Waals surface area contributed by atoms with Gasteiger partial charge in [-0.15, -0.1) is 0 Å². The van der Waals surface area contributed by atoms with Gasteiger partial charge in [-0.05, 0) is 24.0 Å². The van der Waals surface area contributed by atoms with E-state index in [2.05, 4.69) is 10.6 Å². The number of carbonyl (C=O) groups is 5. The Kier molecular flexibility index (Phi) is 9.94. The molecule has 0 aromatic heterocycles. The SMILES string of the molecule is NC(=O)CC(N)C(=O)NC(Cc1ccccc1)C(=O)NC(Cc1ccccc1)C(=O)N1CCCC1C(=O)O. The number of amides is 4. The molecule has 1 fully saturated rings. The molecule has 1 heterocycles. The first kappa shape index (κ1) is 28.3. The standard InChI is InChI=1S/C27H33N5O6/c28-19(16-23(29)33)24(34)30-20(14-17-8-3-1-4-9-17)25(35)31-21(15-18-10-5-2-6-11-18)26(36)32-13-7-12-22(32)27(37)38/h1-6,8-11,19-22H,7,12-16,28H2,(H2,29,33)(H,30,34)(H,31,35)(H,37,38). The van der Waals surface area contributed by atoms with E-state index in [1.54, 1.807) is 48.5 Å². The summed E-state index contributed by atoms with van der Waals surface area (Å²) in [5, 5.41) is 14.9. The summed E-state index contributed by atoms with van der Waals surface area (Å²) in [5.41, 5.74) is 12.4. The van der Waals surface area contributed by atoms with Crippen LogP contribution in [0.15, 0.2) is 60.7 Å². The molecule has 11 heteroatoms. The fourth-order valence-corrected chi connectivity index (χ4v) is 4.46. The van der Waals surface area contributed by atoms with Crippen LogP contribution in [0, 0.1) is 0 Å². The van der Waals surface area contributed by atoms with Gasteiger partial charge < -0.3 is 32.1 Å². The smallest absolute Gasteiger partial charge is 0.326 e. The molecule has 0 saturated carbocycles. The number of nitrogens with two attached hydrogens (primary N) is 2. The summed E-state index contributed by atoms with van der Waals surface area (Å²) in [4.78, 5) is 63.9. The second-order valence-electron chi connectivity index (χ2n) is 9.31. The van der Waals surface area contributed by atoms with Gasteiger partial charge in [0, 0.05) is 19.4 Å². The third kappa shape index (κ3) is 7.87. The van der Waals surface area contributed by atoms with Crippen molar-refractivity contribution in [2.45, 2.75) is 56.3 Å². The van der Waals surface area contributed by atoms with Crippen molar-refractivity contribution in [1.29, 1.82) is 0 Å². The maximum Gasteiger partial charge on any atom is 0.326 e. The number of hydrogen-bond acceptors (Lipinski definition) is 6. The fourth-order valence-electron chi connectivity index (χ4n) is 4.46. The van der Waals surface area contributed by atoms with Crippen LogP contribution in [-0.2, 0) is 36.8 Å².